The zero-order chi connectivity index (χ0) is 15.5. The van der Waals surface area contributed by atoms with Gasteiger partial charge in [0.15, 0.2) is 9.84 Å². The van der Waals surface area contributed by atoms with Gasteiger partial charge in [0.25, 0.3) is 0 Å². The third-order valence-corrected chi connectivity index (χ3v) is 4.70. The van der Waals surface area contributed by atoms with Crippen LogP contribution in [0.2, 0.25) is 0 Å². The van der Waals surface area contributed by atoms with Crippen LogP contribution in [-0.2, 0) is 16.3 Å². The summed E-state index contributed by atoms with van der Waals surface area (Å²) in [6.07, 6.45) is 2.24. The van der Waals surface area contributed by atoms with Crippen molar-refractivity contribution in [1.29, 1.82) is 0 Å². The van der Waals surface area contributed by atoms with Crippen molar-refractivity contribution in [3.63, 3.8) is 0 Å². The highest BCUT2D eigenvalue weighted by molar-refractivity contribution is 7.90. The number of hydrogen-bond acceptors (Lipinski definition) is 3. The summed E-state index contributed by atoms with van der Waals surface area (Å²) in [5, 5.41) is 3.29. The van der Waals surface area contributed by atoms with Crippen LogP contribution < -0.4 is 5.32 Å². The maximum atomic E-state index is 11.8. The van der Waals surface area contributed by atoms with Crippen molar-refractivity contribution < 1.29 is 8.42 Å². The summed E-state index contributed by atoms with van der Waals surface area (Å²) in [5.74, 6) is 0. The lowest BCUT2D eigenvalue weighted by atomic mass is 10.0. The Hall–Kier alpha value is -1.81. The molecule has 2 aromatic carbocycles. The van der Waals surface area contributed by atoms with Gasteiger partial charge in [-0.3, -0.25) is 0 Å². The van der Waals surface area contributed by atoms with Crippen molar-refractivity contribution in [2.24, 2.45) is 0 Å². The molecule has 0 radical (unpaired) electrons. The molecule has 1 atom stereocenters. The van der Waals surface area contributed by atoms with Gasteiger partial charge in [0, 0.05) is 12.3 Å². The molecule has 0 aliphatic heterocycles. The molecular weight excluding hydrogens is 282 g/mol. The van der Waals surface area contributed by atoms with E-state index in [4.69, 9.17) is 0 Å². The van der Waals surface area contributed by atoms with Crippen molar-refractivity contribution >= 4 is 15.5 Å². The fourth-order valence-electron chi connectivity index (χ4n) is 2.27. The van der Waals surface area contributed by atoms with Crippen LogP contribution in [0.1, 0.15) is 31.0 Å². The normalized spacial score (nSPS) is 12.9. The van der Waals surface area contributed by atoms with Crippen LogP contribution in [0.3, 0.4) is 0 Å². The van der Waals surface area contributed by atoms with E-state index in [0.29, 0.717) is 10.6 Å². The third-order valence-electron chi connectivity index (χ3n) is 3.55. The van der Waals surface area contributed by atoms with E-state index in [2.05, 4.69) is 36.5 Å². The van der Waals surface area contributed by atoms with Gasteiger partial charge in [-0.15, -0.1) is 0 Å². The van der Waals surface area contributed by atoms with Gasteiger partial charge >= 0.3 is 0 Å². The van der Waals surface area contributed by atoms with Gasteiger partial charge in [-0.1, -0.05) is 43.3 Å². The van der Waals surface area contributed by atoms with Crippen LogP contribution in [0.25, 0.3) is 0 Å². The Balaban J connectivity index is 2.25. The van der Waals surface area contributed by atoms with Crippen LogP contribution in [-0.4, -0.2) is 14.7 Å². The lowest BCUT2D eigenvalue weighted by Crippen LogP contribution is -2.10. The summed E-state index contributed by atoms with van der Waals surface area (Å²) in [6, 6.07) is 15.4. The summed E-state index contributed by atoms with van der Waals surface area (Å²) in [5.41, 5.74) is 3.07. The van der Waals surface area contributed by atoms with E-state index in [9.17, 15) is 8.42 Å². The Bertz CT molecular complexity index is 706. The maximum Gasteiger partial charge on any atom is 0.177 e. The molecule has 0 aromatic heterocycles. The molecule has 0 aliphatic carbocycles. The molecular formula is C17H21NO2S. The van der Waals surface area contributed by atoms with E-state index in [1.165, 1.54) is 11.8 Å². The van der Waals surface area contributed by atoms with Crippen molar-refractivity contribution in [3.05, 3.63) is 59.7 Å². The molecule has 21 heavy (non-hydrogen) atoms. The number of nitrogens with one attached hydrogen (secondary N) is 1. The Kier molecular flexibility index (Phi) is 4.68. The smallest absolute Gasteiger partial charge is 0.177 e. The van der Waals surface area contributed by atoms with E-state index >= 15 is 0 Å². The SMILES string of the molecule is CCc1ccc([C@H](C)Nc2ccccc2S(C)(=O)=O)cc1. The standard InChI is InChI=1S/C17H21NO2S/c1-4-14-9-11-15(12-10-14)13(2)18-16-7-5-6-8-17(16)21(3,19)20/h5-13,18H,4H2,1-3H3/t13-/m0/s1. The topological polar surface area (TPSA) is 46.2 Å². The number of para-hydroxylation sites is 1. The van der Waals surface area contributed by atoms with Crippen LogP contribution >= 0.6 is 0 Å². The molecule has 0 fully saturated rings. The predicted octanol–water partition coefficient (Wildman–Crippen LogP) is 3.83. The van der Waals surface area contributed by atoms with E-state index in [-0.39, 0.29) is 6.04 Å². The average molecular weight is 303 g/mol. The van der Waals surface area contributed by atoms with E-state index < -0.39 is 9.84 Å². The molecule has 0 saturated heterocycles. The first-order valence-electron chi connectivity index (χ1n) is 7.06. The van der Waals surface area contributed by atoms with E-state index in [1.807, 2.05) is 13.0 Å². The molecule has 2 rings (SSSR count). The second-order valence-electron chi connectivity index (χ2n) is 5.23. The van der Waals surface area contributed by atoms with Crippen molar-refractivity contribution in [2.75, 3.05) is 11.6 Å². The molecule has 2 aromatic rings. The van der Waals surface area contributed by atoms with Gasteiger partial charge in [0.2, 0.25) is 0 Å². The van der Waals surface area contributed by atoms with E-state index in [1.54, 1.807) is 18.2 Å². The molecule has 1 N–H and O–H groups in total. The average Bonchev–Trinajstić information content (AvgIpc) is 2.47. The second kappa shape index (κ2) is 6.31. The highest BCUT2D eigenvalue weighted by Crippen LogP contribution is 2.25. The summed E-state index contributed by atoms with van der Waals surface area (Å²) in [4.78, 5) is 0.335. The second-order valence-corrected chi connectivity index (χ2v) is 7.21. The minimum absolute atomic E-state index is 0.0406. The minimum atomic E-state index is -3.23. The molecule has 0 heterocycles. The van der Waals surface area contributed by atoms with Crippen LogP contribution in [0.4, 0.5) is 5.69 Å². The Morgan fingerprint density at radius 3 is 2.24 bits per heavy atom. The van der Waals surface area contributed by atoms with E-state index in [0.717, 1.165) is 12.0 Å². The third kappa shape index (κ3) is 3.85. The lowest BCUT2D eigenvalue weighted by Gasteiger charge is -2.18. The molecule has 0 spiro atoms. The van der Waals surface area contributed by atoms with Gasteiger partial charge in [0.05, 0.1) is 10.6 Å². The minimum Gasteiger partial charge on any atom is -0.377 e. The quantitative estimate of drug-likeness (QED) is 0.913. The van der Waals surface area contributed by atoms with Crippen molar-refractivity contribution in [2.45, 2.75) is 31.2 Å². The number of hydrogen-bond donors (Lipinski definition) is 1. The molecule has 0 saturated carbocycles. The summed E-state index contributed by atoms with van der Waals surface area (Å²) < 4.78 is 23.6. The Labute approximate surface area is 126 Å². The first-order valence-corrected chi connectivity index (χ1v) is 8.95. The number of aryl methyl sites for hydroxylation is 1. The summed E-state index contributed by atoms with van der Waals surface area (Å²) >= 11 is 0. The van der Waals surface area contributed by atoms with Gasteiger partial charge in [0.1, 0.15) is 0 Å². The number of anilines is 1. The zero-order valence-corrected chi connectivity index (χ0v) is 13.4. The summed E-state index contributed by atoms with van der Waals surface area (Å²) in [7, 11) is -3.23. The zero-order valence-electron chi connectivity index (χ0n) is 12.6. The van der Waals surface area contributed by atoms with Crippen LogP contribution in [0, 0.1) is 0 Å². The molecule has 0 unspecified atom stereocenters. The Morgan fingerprint density at radius 2 is 1.67 bits per heavy atom. The number of rotatable bonds is 5. The lowest BCUT2D eigenvalue weighted by molar-refractivity contribution is 0.602. The highest BCUT2D eigenvalue weighted by Gasteiger charge is 2.14. The van der Waals surface area contributed by atoms with Crippen molar-refractivity contribution in [3.8, 4) is 0 Å². The van der Waals surface area contributed by atoms with Gasteiger partial charge in [-0.25, -0.2) is 8.42 Å². The fourth-order valence-corrected chi connectivity index (χ4v) is 3.12. The van der Waals surface area contributed by atoms with Gasteiger partial charge in [-0.2, -0.15) is 0 Å². The Morgan fingerprint density at radius 1 is 1.05 bits per heavy atom. The molecule has 112 valence electrons. The monoisotopic (exact) mass is 303 g/mol. The molecule has 0 aliphatic rings. The molecule has 4 heteroatoms. The molecule has 3 nitrogen and oxygen atoms in total. The van der Waals surface area contributed by atoms with Gasteiger partial charge < -0.3 is 5.32 Å². The van der Waals surface area contributed by atoms with Crippen molar-refractivity contribution in [1.82, 2.24) is 0 Å². The summed E-state index contributed by atoms with van der Waals surface area (Å²) in [6.45, 7) is 4.15. The van der Waals surface area contributed by atoms with Crippen LogP contribution in [0.15, 0.2) is 53.4 Å². The van der Waals surface area contributed by atoms with Crippen LogP contribution in [0.5, 0.6) is 0 Å². The highest BCUT2D eigenvalue weighted by atomic mass is 32.2. The number of sulfone groups is 1. The maximum absolute atomic E-state index is 11.8. The van der Waals surface area contributed by atoms with Gasteiger partial charge in [-0.05, 0) is 36.6 Å². The first-order chi connectivity index (χ1) is 9.91. The largest absolute Gasteiger partial charge is 0.377 e. The molecule has 0 bridgehead atoms. The molecule has 0 amide bonds. The number of benzene rings is 2. The first kappa shape index (κ1) is 15.6. The fraction of sp³-hybridized carbons (Fsp3) is 0.294. The predicted molar refractivity (Wildman–Crippen MR) is 87.4 cm³/mol.